The van der Waals surface area contributed by atoms with E-state index < -0.39 is 0 Å². The number of pyridine rings is 2. The van der Waals surface area contributed by atoms with Crippen LogP contribution in [-0.4, -0.2) is 25.1 Å². The lowest BCUT2D eigenvalue weighted by atomic mass is 10.0. The quantitative estimate of drug-likeness (QED) is 0.238. The molecule has 0 unspecified atom stereocenters. The molecule has 7 rings (SSSR count). The van der Waals surface area contributed by atoms with E-state index >= 15 is 0 Å². The number of thiophene rings is 1. The van der Waals surface area contributed by atoms with Crippen molar-refractivity contribution in [3.05, 3.63) is 108 Å². The number of H-pyrrole nitrogens is 2. The van der Waals surface area contributed by atoms with Crippen LogP contribution < -0.4 is 4.74 Å². The molecule has 0 aliphatic rings. The number of benzene rings is 2. The lowest BCUT2D eigenvalue weighted by molar-refractivity contribution is 0.305. The summed E-state index contributed by atoms with van der Waals surface area (Å²) in [6, 6.07) is 27.0. The van der Waals surface area contributed by atoms with E-state index in [-0.39, 0.29) is 0 Å². The first kappa shape index (κ1) is 22.4. The maximum Gasteiger partial charge on any atom is 0.138 e. The van der Waals surface area contributed by atoms with Gasteiger partial charge >= 0.3 is 0 Å². The zero-order chi connectivity index (χ0) is 25.5. The van der Waals surface area contributed by atoms with E-state index in [1.807, 2.05) is 36.7 Å². The van der Waals surface area contributed by atoms with Crippen molar-refractivity contribution in [3.8, 4) is 38.7 Å². The molecule has 5 aromatic heterocycles. The van der Waals surface area contributed by atoms with E-state index in [2.05, 4.69) is 86.7 Å². The molecule has 2 N–H and O–H groups in total. The van der Waals surface area contributed by atoms with Crippen molar-refractivity contribution >= 4 is 33.3 Å². The van der Waals surface area contributed by atoms with Gasteiger partial charge in [0.25, 0.3) is 0 Å². The monoisotopic (exact) mass is 513 g/mol. The van der Waals surface area contributed by atoms with E-state index in [0.29, 0.717) is 6.61 Å². The predicted molar refractivity (Wildman–Crippen MR) is 153 cm³/mol. The summed E-state index contributed by atoms with van der Waals surface area (Å²) in [5.41, 5.74) is 7.92. The molecular formula is C31H23N5OS. The fourth-order valence-corrected chi connectivity index (χ4v) is 5.65. The number of aromatic nitrogens is 5. The van der Waals surface area contributed by atoms with Gasteiger partial charge in [-0.3, -0.25) is 10.1 Å². The zero-order valence-electron chi connectivity index (χ0n) is 20.6. The Morgan fingerprint density at radius 1 is 0.868 bits per heavy atom. The lowest BCUT2D eigenvalue weighted by Gasteiger charge is -2.08. The van der Waals surface area contributed by atoms with Crippen molar-refractivity contribution in [2.45, 2.75) is 13.5 Å². The molecule has 38 heavy (non-hydrogen) atoms. The molecule has 0 amide bonds. The molecule has 0 aliphatic heterocycles. The summed E-state index contributed by atoms with van der Waals surface area (Å²) >= 11 is 1.79. The van der Waals surface area contributed by atoms with E-state index in [9.17, 15) is 0 Å². The molecule has 6 nitrogen and oxygen atoms in total. The van der Waals surface area contributed by atoms with Crippen LogP contribution in [-0.2, 0) is 6.61 Å². The maximum atomic E-state index is 6.01. The summed E-state index contributed by atoms with van der Waals surface area (Å²) in [6.45, 7) is 2.63. The van der Waals surface area contributed by atoms with Crippen molar-refractivity contribution < 1.29 is 4.74 Å². The number of aryl methyl sites for hydroxylation is 1. The van der Waals surface area contributed by atoms with Crippen molar-refractivity contribution in [3.63, 3.8) is 0 Å². The molecule has 0 atom stereocenters. The summed E-state index contributed by atoms with van der Waals surface area (Å²) < 4.78 is 6.01. The molecule has 2 aromatic carbocycles. The van der Waals surface area contributed by atoms with Gasteiger partial charge in [0.15, 0.2) is 0 Å². The summed E-state index contributed by atoms with van der Waals surface area (Å²) in [5, 5.41) is 9.95. The standard InChI is InChI=1S/C31H23N5OS/c1-19-7-10-29(38-19)24-11-12-33-31-25(24)15-28(34-31)30-26-14-21(8-9-27(26)35-36-30)22-13-23(17-32-16-22)37-18-20-5-3-2-4-6-20/h2-17H,18H2,1H3,(H,33,34)(H,35,36). The Morgan fingerprint density at radius 3 is 2.66 bits per heavy atom. The number of nitrogens with one attached hydrogen (secondary N) is 2. The third-order valence-electron chi connectivity index (χ3n) is 6.65. The van der Waals surface area contributed by atoms with Crippen LogP contribution in [0.2, 0.25) is 0 Å². The van der Waals surface area contributed by atoms with Gasteiger partial charge in [0, 0.05) is 44.0 Å². The Morgan fingerprint density at radius 2 is 1.79 bits per heavy atom. The van der Waals surface area contributed by atoms with Crippen LogP contribution in [0, 0.1) is 6.92 Å². The molecule has 7 heteroatoms. The number of ether oxygens (including phenoxy) is 1. The van der Waals surface area contributed by atoms with Crippen LogP contribution in [0.1, 0.15) is 10.4 Å². The number of nitrogens with zero attached hydrogens (tertiary/aromatic N) is 3. The van der Waals surface area contributed by atoms with Gasteiger partial charge in [0.05, 0.1) is 17.4 Å². The lowest BCUT2D eigenvalue weighted by Crippen LogP contribution is -1.95. The maximum absolute atomic E-state index is 6.01. The Balaban J connectivity index is 1.24. The van der Waals surface area contributed by atoms with Gasteiger partial charge in [-0.05, 0) is 60.5 Å². The van der Waals surface area contributed by atoms with Gasteiger partial charge in [-0.15, -0.1) is 11.3 Å². The Hall–Kier alpha value is -4.75. The summed E-state index contributed by atoms with van der Waals surface area (Å²) in [4.78, 5) is 15.0. The molecule has 0 saturated heterocycles. The largest absolute Gasteiger partial charge is 0.487 e. The van der Waals surface area contributed by atoms with Crippen molar-refractivity contribution in [2.24, 2.45) is 0 Å². The van der Waals surface area contributed by atoms with Crippen molar-refractivity contribution in [1.82, 2.24) is 25.1 Å². The molecule has 0 bridgehead atoms. The van der Waals surface area contributed by atoms with Crippen molar-refractivity contribution in [1.29, 1.82) is 0 Å². The summed E-state index contributed by atoms with van der Waals surface area (Å²) in [6.07, 6.45) is 5.46. The highest BCUT2D eigenvalue weighted by Crippen LogP contribution is 2.36. The molecule has 5 heterocycles. The summed E-state index contributed by atoms with van der Waals surface area (Å²) in [5.74, 6) is 0.733. The first-order valence-electron chi connectivity index (χ1n) is 12.4. The van der Waals surface area contributed by atoms with Crippen LogP contribution in [0.4, 0.5) is 0 Å². The molecule has 0 spiro atoms. The fraction of sp³-hybridized carbons (Fsp3) is 0.0645. The second kappa shape index (κ2) is 9.28. The van der Waals surface area contributed by atoms with E-state index in [1.54, 1.807) is 17.5 Å². The highest BCUT2D eigenvalue weighted by Gasteiger charge is 2.15. The Labute approximate surface area is 223 Å². The van der Waals surface area contributed by atoms with Crippen LogP contribution >= 0.6 is 11.3 Å². The minimum Gasteiger partial charge on any atom is -0.487 e. The smallest absolute Gasteiger partial charge is 0.138 e. The van der Waals surface area contributed by atoms with Crippen LogP contribution in [0.15, 0.2) is 97.5 Å². The normalized spacial score (nSPS) is 11.4. The van der Waals surface area contributed by atoms with Crippen LogP contribution in [0.25, 0.3) is 54.9 Å². The highest BCUT2D eigenvalue weighted by atomic mass is 32.1. The third kappa shape index (κ3) is 4.13. The topological polar surface area (TPSA) is 79.5 Å². The number of fused-ring (bicyclic) bond motifs is 2. The van der Waals surface area contributed by atoms with Gasteiger partial charge in [-0.25, -0.2) is 4.98 Å². The third-order valence-corrected chi connectivity index (χ3v) is 7.68. The molecule has 0 fully saturated rings. The highest BCUT2D eigenvalue weighted by molar-refractivity contribution is 7.15. The average molecular weight is 514 g/mol. The van der Waals surface area contributed by atoms with Gasteiger partial charge in [-0.1, -0.05) is 36.4 Å². The first-order chi connectivity index (χ1) is 18.7. The zero-order valence-corrected chi connectivity index (χ0v) is 21.4. The number of rotatable bonds is 6. The average Bonchev–Trinajstić information content (AvgIpc) is 3.70. The van der Waals surface area contributed by atoms with Gasteiger partial charge in [0.2, 0.25) is 0 Å². The molecule has 184 valence electrons. The van der Waals surface area contributed by atoms with Gasteiger partial charge < -0.3 is 9.72 Å². The molecule has 0 aliphatic carbocycles. The van der Waals surface area contributed by atoms with Crippen LogP contribution in [0.5, 0.6) is 5.75 Å². The van der Waals surface area contributed by atoms with E-state index in [0.717, 1.165) is 55.8 Å². The second-order valence-electron chi connectivity index (χ2n) is 9.23. The molecule has 0 saturated carbocycles. The minimum atomic E-state index is 0.498. The number of aromatic amines is 2. The second-order valence-corrected chi connectivity index (χ2v) is 10.5. The predicted octanol–water partition coefficient (Wildman–Crippen LogP) is 7.78. The summed E-state index contributed by atoms with van der Waals surface area (Å²) in [7, 11) is 0. The van der Waals surface area contributed by atoms with E-state index in [1.165, 1.54) is 15.3 Å². The van der Waals surface area contributed by atoms with Crippen molar-refractivity contribution in [2.75, 3.05) is 0 Å². The molecule has 0 radical (unpaired) electrons. The Bertz CT molecular complexity index is 1900. The minimum absolute atomic E-state index is 0.498. The van der Waals surface area contributed by atoms with Gasteiger partial charge in [-0.2, -0.15) is 5.10 Å². The fourth-order valence-electron chi connectivity index (χ4n) is 4.74. The first-order valence-corrected chi connectivity index (χ1v) is 13.2. The SMILES string of the molecule is Cc1ccc(-c2ccnc3[nH]c(-c4n[nH]c5ccc(-c6cncc(OCc7ccccc7)c6)cc45)cc23)s1. The number of hydrogen-bond donors (Lipinski definition) is 2. The Kier molecular flexibility index (Phi) is 5.48. The molecular weight excluding hydrogens is 490 g/mol. The van der Waals surface area contributed by atoms with Gasteiger partial charge in [0.1, 0.15) is 23.7 Å². The van der Waals surface area contributed by atoms with Crippen LogP contribution in [0.3, 0.4) is 0 Å². The van der Waals surface area contributed by atoms with E-state index in [4.69, 9.17) is 4.74 Å². The molecule has 7 aromatic rings. The number of hydrogen-bond acceptors (Lipinski definition) is 5.